The predicted octanol–water partition coefficient (Wildman–Crippen LogP) is -2.79. The molecule has 0 heterocycles. The van der Waals surface area contributed by atoms with Gasteiger partial charge in [-0.05, 0) is 6.42 Å². The molecule has 13 heteroatoms. The Hall–Kier alpha value is -1.99. The van der Waals surface area contributed by atoms with E-state index in [0.717, 1.165) is 0 Å². The van der Waals surface area contributed by atoms with Crippen molar-refractivity contribution in [1.82, 2.24) is 16.0 Å². The van der Waals surface area contributed by atoms with Crippen LogP contribution in [0.5, 0.6) is 0 Å². The largest absolute Gasteiger partial charge is 0.481 e. The lowest BCUT2D eigenvalue weighted by Crippen LogP contribution is -2.54. The number of nitrogens with two attached hydrogens (primary N) is 1. The zero-order valence-electron chi connectivity index (χ0n) is 13.7. The molecular formula is C13H22N4O7S2. The van der Waals surface area contributed by atoms with E-state index in [0.29, 0.717) is 0 Å². The van der Waals surface area contributed by atoms with E-state index < -0.39 is 60.8 Å². The first-order valence-corrected chi connectivity index (χ1v) is 8.68. The average molecular weight is 410 g/mol. The molecule has 0 saturated carbocycles. The Kier molecular flexibility index (Phi) is 11.4. The van der Waals surface area contributed by atoms with Crippen molar-refractivity contribution in [1.29, 1.82) is 0 Å². The SMILES string of the molecule is NC(CS)C(=O)NC(CS)C(=O)NCC(=O)NC(CCC(=O)O)C(=O)O. The normalized spacial score (nSPS) is 13.8. The summed E-state index contributed by atoms with van der Waals surface area (Å²) in [6.07, 6.45) is -0.746. The number of rotatable bonds is 12. The molecule has 0 aromatic rings. The third kappa shape index (κ3) is 9.48. The third-order valence-electron chi connectivity index (χ3n) is 3.05. The molecule has 0 aliphatic heterocycles. The Morgan fingerprint density at radius 3 is 2.00 bits per heavy atom. The van der Waals surface area contributed by atoms with E-state index in [1.165, 1.54) is 0 Å². The van der Waals surface area contributed by atoms with Crippen LogP contribution in [0.2, 0.25) is 0 Å². The minimum atomic E-state index is -1.40. The first-order valence-electron chi connectivity index (χ1n) is 7.41. The zero-order valence-corrected chi connectivity index (χ0v) is 15.5. The zero-order chi connectivity index (χ0) is 20.3. The lowest BCUT2D eigenvalue weighted by molar-refractivity contribution is -0.143. The Morgan fingerprint density at radius 1 is 0.923 bits per heavy atom. The lowest BCUT2D eigenvalue weighted by Gasteiger charge is -2.19. The molecule has 0 saturated heterocycles. The highest BCUT2D eigenvalue weighted by Gasteiger charge is 2.24. The highest BCUT2D eigenvalue weighted by atomic mass is 32.1. The molecular weight excluding hydrogens is 388 g/mol. The molecule has 0 radical (unpaired) electrons. The molecule has 0 aromatic carbocycles. The standard InChI is InChI=1S/C13H22N4O7S2/c14-6(4-25)11(21)17-8(5-26)12(22)15-3-9(18)16-7(13(23)24)1-2-10(19)20/h6-8,25-26H,1-5,14H2,(H,15,22)(H,16,18)(H,17,21)(H,19,20)(H,23,24). The van der Waals surface area contributed by atoms with Crippen molar-refractivity contribution in [2.75, 3.05) is 18.1 Å². The number of hydrogen-bond acceptors (Lipinski definition) is 8. The number of thiol groups is 2. The average Bonchev–Trinajstić information content (AvgIpc) is 2.59. The van der Waals surface area contributed by atoms with E-state index in [4.69, 9.17) is 15.9 Å². The molecule has 3 unspecified atom stereocenters. The first kappa shape index (κ1) is 24.0. The Balaban J connectivity index is 4.52. The topological polar surface area (TPSA) is 188 Å². The van der Waals surface area contributed by atoms with E-state index in [1.807, 2.05) is 0 Å². The van der Waals surface area contributed by atoms with Crippen molar-refractivity contribution in [2.45, 2.75) is 31.0 Å². The Labute approximate surface area is 160 Å². The molecule has 3 amide bonds. The van der Waals surface area contributed by atoms with E-state index in [-0.39, 0.29) is 17.9 Å². The van der Waals surface area contributed by atoms with Crippen LogP contribution in [0.1, 0.15) is 12.8 Å². The fourth-order valence-electron chi connectivity index (χ4n) is 1.62. The summed E-state index contributed by atoms with van der Waals surface area (Å²) in [5.41, 5.74) is 5.47. The van der Waals surface area contributed by atoms with Crippen LogP contribution in [0.3, 0.4) is 0 Å². The second kappa shape index (κ2) is 12.4. The van der Waals surface area contributed by atoms with Crippen LogP contribution in [-0.4, -0.2) is 76.0 Å². The van der Waals surface area contributed by atoms with Crippen LogP contribution in [0.4, 0.5) is 0 Å². The van der Waals surface area contributed by atoms with Gasteiger partial charge in [-0.2, -0.15) is 25.3 Å². The lowest BCUT2D eigenvalue weighted by atomic mass is 10.1. The molecule has 0 aliphatic rings. The number of carboxylic acids is 2. The number of carbonyl (C=O) groups excluding carboxylic acids is 3. The van der Waals surface area contributed by atoms with Gasteiger partial charge in [0.2, 0.25) is 17.7 Å². The quantitative estimate of drug-likeness (QED) is 0.158. The van der Waals surface area contributed by atoms with Crippen molar-refractivity contribution in [3.8, 4) is 0 Å². The van der Waals surface area contributed by atoms with Crippen LogP contribution in [0.15, 0.2) is 0 Å². The molecule has 148 valence electrons. The fourth-order valence-corrected chi connectivity index (χ4v) is 2.04. The van der Waals surface area contributed by atoms with Gasteiger partial charge < -0.3 is 31.9 Å². The van der Waals surface area contributed by atoms with Crippen molar-refractivity contribution in [3.63, 3.8) is 0 Å². The molecule has 3 atom stereocenters. The highest BCUT2D eigenvalue weighted by Crippen LogP contribution is 1.98. The molecule has 0 bridgehead atoms. The van der Waals surface area contributed by atoms with Gasteiger partial charge in [0.1, 0.15) is 12.1 Å². The molecule has 26 heavy (non-hydrogen) atoms. The Morgan fingerprint density at radius 2 is 1.54 bits per heavy atom. The first-order chi connectivity index (χ1) is 12.1. The van der Waals surface area contributed by atoms with E-state index in [9.17, 15) is 24.0 Å². The summed E-state index contributed by atoms with van der Waals surface area (Å²) >= 11 is 7.79. The minimum Gasteiger partial charge on any atom is -0.481 e. The van der Waals surface area contributed by atoms with Gasteiger partial charge in [-0.25, -0.2) is 4.79 Å². The van der Waals surface area contributed by atoms with Gasteiger partial charge in [0.15, 0.2) is 0 Å². The summed E-state index contributed by atoms with van der Waals surface area (Å²) in [6, 6.07) is -3.36. The van der Waals surface area contributed by atoms with Gasteiger partial charge >= 0.3 is 11.9 Å². The van der Waals surface area contributed by atoms with E-state index in [1.54, 1.807) is 0 Å². The molecule has 0 aromatic heterocycles. The maximum Gasteiger partial charge on any atom is 0.326 e. The van der Waals surface area contributed by atoms with Crippen molar-refractivity contribution < 1.29 is 34.2 Å². The van der Waals surface area contributed by atoms with Crippen LogP contribution < -0.4 is 21.7 Å². The summed E-state index contributed by atoms with van der Waals surface area (Å²) in [7, 11) is 0. The fraction of sp³-hybridized carbons (Fsp3) is 0.615. The summed E-state index contributed by atoms with van der Waals surface area (Å²) in [5.74, 6) is -4.74. The van der Waals surface area contributed by atoms with Crippen LogP contribution >= 0.6 is 25.3 Å². The van der Waals surface area contributed by atoms with Gasteiger partial charge in [-0.15, -0.1) is 0 Å². The van der Waals surface area contributed by atoms with E-state index >= 15 is 0 Å². The molecule has 11 nitrogen and oxygen atoms in total. The number of nitrogens with one attached hydrogen (secondary N) is 3. The number of carbonyl (C=O) groups is 5. The van der Waals surface area contributed by atoms with Gasteiger partial charge in [-0.1, -0.05) is 0 Å². The smallest absolute Gasteiger partial charge is 0.326 e. The van der Waals surface area contributed by atoms with E-state index in [2.05, 4.69) is 41.2 Å². The highest BCUT2D eigenvalue weighted by molar-refractivity contribution is 7.80. The molecule has 0 fully saturated rings. The molecule has 7 N–H and O–H groups in total. The molecule has 0 spiro atoms. The van der Waals surface area contributed by atoms with Gasteiger partial charge in [0.25, 0.3) is 0 Å². The van der Waals surface area contributed by atoms with Gasteiger partial charge in [0.05, 0.1) is 12.6 Å². The minimum absolute atomic E-state index is 0.0607. The summed E-state index contributed by atoms with van der Waals surface area (Å²) in [4.78, 5) is 56.8. The van der Waals surface area contributed by atoms with Crippen LogP contribution in [0.25, 0.3) is 0 Å². The summed E-state index contributed by atoms with van der Waals surface area (Å²) in [6.45, 7) is -0.561. The Bertz CT molecular complexity index is 547. The van der Waals surface area contributed by atoms with Crippen LogP contribution in [0, 0.1) is 0 Å². The van der Waals surface area contributed by atoms with Crippen molar-refractivity contribution >= 4 is 54.9 Å². The predicted molar refractivity (Wildman–Crippen MR) is 97.1 cm³/mol. The summed E-state index contributed by atoms with van der Waals surface area (Å²) in [5, 5.41) is 24.2. The van der Waals surface area contributed by atoms with Crippen molar-refractivity contribution in [2.24, 2.45) is 5.73 Å². The third-order valence-corrected chi connectivity index (χ3v) is 3.81. The molecule has 0 aliphatic carbocycles. The number of hydrogen-bond donors (Lipinski definition) is 8. The van der Waals surface area contributed by atoms with Crippen LogP contribution in [-0.2, 0) is 24.0 Å². The maximum absolute atomic E-state index is 12.0. The second-order valence-electron chi connectivity index (χ2n) is 5.14. The monoisotopic (exact) mass is 410 g/mol. The maximum atomic E-state index is 12.0. The number of amides is 3. The van der Waals surface area contributed by atoms with Gasteiger partial charge in [-0.3, -0.25) is 19.2 Å². The van der Waals surface area contributed by atoms with Crippen molar-refractivity contribution in [3.05, 3.63) is 0 Å². The number of carboxylic acid groups (broad SMARTS) is 2. The second-order valence-corrected chi connectivity index (χ2v) is 5.87. The van der Waals surface area contributed by atoms with Gasteiger partial charge in [0, 0.05) is 17.9 Å². The molecule has 0 rings (SSSR count). The number of aliphatic carboxylic acids is 2. The summed E-state index contributed by atoms with van der Waals surface area (Å²) < 4.78 is 0.